The number of aromatic hydroxyl groups is 1. The molecule has 14 heavy (non-hydrogen) atoms. The van der Waals surface area contributed by atoms with Crippen LogP contribution in [-0.2, 0) is 0 Å². The predicted octanol–water partition coefficient (Wildman–Crippen LogP) is 3.09. The number of para-hydroxylation sites is 1. The fourth-order valence-corrected chi connectivity index (χ4v) is 2.34. The van der Waals surface area contributed by atoms with Crippen LogP contribution in [0.15, 0.2) is 22.9 Å². The number of fused-ring (bicyclic) bond motifs is 1. The van der Waals surface area contributed by atoms with E-state index in [-0.39, 0.29) is 5.75 Å². The van der Waals surface area contributed by atoms with Crippen LogP contribution < -0.4 is 0 Å². The van der Waals surface area contributed by atoms with E-state index in [9.17, 15) is 5.11 Å². The summed E-state index contributed by atoms with van der Waals surface area (Å²) in [5, 5.41) is 9.59. The molecule has 3 nitrogen and oxygen atoms in total. The highest BCUT2D eigenvalue weighted by Gasteiger charge is 2.12. The van der Waals surface area contributed by atoms with Crippen LogP contribution >= 0.6 is 15.9 Å². The minimum absolute atomic E-state index is 0.225. The molecule has 0 aliphatic rings. The van der Waals surface area contributed by atoms with Gasteiger partial charge >= 0.3 is 0 Å². The molecule has 1 aromatic heterocycles. The maximum Gasteiger partial charge on any atom is 0.178 e. The number of phenols is 1. The van der Waals surface area contributed by atoms with E-state index in [0.717, 1.165) is 10.3 Å². The molecule has 2 rings (SSSR count). The fraction of sp³-hybridized carbons (Fsp3) is 0.300. The van der Waals surface area contributed by atoms with Crippen molar-refractivity contribution < 1.29 is 5.11 Å². The Morgan fingerprint density at radius 1 is 1.43 bits per heavy atom. The zero-order valence-electron chi connectivity index (χ0n) is 8.03. The smallest absolute Gasteiger partial charge is 0.178 e. The zero-order chi connectivity index (χ0) is 10.3. The number of aromatic nitrogens is 2. The molecule has 1 aromatic carbocycles. The number of hydrogen-bond donors (Lipinski definition) is 1. The SMILES string of the molecule is CC(C)n1c(Br)nc2c(O)cccc21. The van der Waals surface area contributed by atoms with Gasteiger partial charge in [0, 0.05) is 6.04 Å². The van der Waals surface area contributed by atoms with Gasteiger partial charge in [0.05, 0.1) is 5.52 Å². The quantitative estimate of drug-likeness (QED) is 0.850. The van der Waals surface area contributed by atoms with Crippen molar-refractivity contribution in [2.45, 2.75) is 19.9 Å². The van der Waals surface area contributed by atoms with Crippen molar-refractivity contribution in [3.8, 4) is 5.75 Å². The van der Waals surface area contributed by atoms with Gasteiger partial charge in [-0.2, -0.15) is 0 Å². The summed E-state index contributed by atoms with van der Waals surface area (Å²) < 4.78 is 2.79. The third kappa shape index (κ3) is 1.30. The molecule has 74 valence electrons. The van der Waals surface area contributed by atoms with E-state index in [4.69, 9.17) is 0 Å². The van der Waals surface area contributed by atoms with Crippen LogP contribution in [0.3, 0.4) is 0 Å². The number of halogens is 1. The first-order valence-electron chi connectivity index (χ1n) is 4.46. The molecule has 1 N–H and O–H groups in total. The van der Waals surface area contributed by atoms with Gasteiger partial charge in [-0.05, 0) is 41.9 Å². The van der Waals surface area contributed by atoms with Crippen molar-refractivity contribution in [1.82, 2.24) is 9.55 Å². The van der Waals surface area contributed by atoms with Crippen LogP contribution in [-0.4, -0.2) is 14.7 Å². The summed E-state index contributed by atoms with van der Waals surface area (Å²) in [6, 6.07) is 5.74. The fourth-order valence-electron chi connectivity index (χ4n) is 1.57. The van der Waals surface area contributed by atoms with E-state index >= 15 is 0 Å². The van der Waals surface area contributed by atoms with Gasteiger partial charge in [-0.15, -0.1) is 0 Å². The lowest BCUT2D eigenvalue weighted by atomic mass is 10.3. The van der Waals surface area contributed by atoms with Gasteiger partial charge in [-0.1, -0.05) is 6.07 Å². The van der Waals surface area contributed by atoms with Gasteiger partial charge in [0.15, 0.2) is 4.73 Å². The van der Waals surface area contributed by atoms with Crippen LogP contribution in [0.5, 0.6) is 5.75 Å². The monoisotopic (exact) mass is 254 g/mol. The molecular weight excluding hydrogens is 244 g/mol. The zero-order valence-corrected chi connectivity index (χ0v) is 9.62. The van der Waals surface area contributed by atoms with Crippen LogP contribution in [0.4, 0.5) is 0 Å². The van der Waals surface area contributed by atoms with E-state index in [2.05, 4.69) is 34.8 Å². The number of rotatable bonds is 1. The average molecular weight is 255 g/mol. The van der Waals surface area contributed by atoms with Crippen molar-refractivity contribution in [3.05, 3.63) is 22.9 Å². The summed E-state index contributed by atoms with van der Waals surface area (Å²) in [4.78, 5) is 4.26. The van der Waals surface area contributed by atoms with E-state index in [0.29, 0.717) is 11.6 Å². The number of phenolic OH excluding ortho intramolecular Hbond substituents is 1. The third-order valence-corrected chi connectivity index (χ3v) is 2.73. The number of hydrogen-bond acceptors (Lipinski definition) is 2. The first-order chi connectivity index (χ1) is 6.61. The largest absolute Gasteiger partial charge is 0.506 e. The summed E-state index contributed by atoms with van der Waals surface area (Å²) in [5.74, 6) is 0.225. The lowest BCUT2D eigenvalue weighted by molar-refractivity contribution is 0.480. The van der Waals surface area contributed by atoms with Crippen LogP contribution in [0.2, 0.25) is 0 Å². The highest BCUT2D eigenvalue weighted by Crippen LogP contribution is 2.29. The number of imidazole rings is 1. The molecule has 0 unspecified atom stereocenters. The van der Waals surface area contributed by atoms with Crippen molar-refractivity contribution in [1.29, 1.82) is 0 Å². The molecule has 0 aliphatic carbocycles. The molecule has 0 bridgehead atoms. The van der Waals surface area contributed by atoms with Gasteiger partial charge < -0.3 is 9.67 Å². The summed E-state index contributed by atoms with van der Waals surface area (Å²) >= 11 is 3.39. The molecule has 0 fully saturated rings. The topological polar surface area (TPSA) is 38.0 Å². The van der Waals surface area contributed by atoms with Crippen LogP contribution in [0, 0.1) is 0 Å². The van der Waals surface area contributed by atoms with Gasteiger partial charge in [0.1, 0.15) is 11.3 Å². The lowest BCUT2D eigenvalue weighted by Gasteiger charge is -2.09. The first-order valence-corrected chi connectivity index (χ1v) is 5.26. The minimum Gasteiger partial charge on any atom is -0.506 e. The average Bonchev–Trinajstić information content (AvgIpc) is 2.42. The molecule has 0 atom stereocenters. The second-order valence-corrected chi connectivity index (χ2v) is 4.20. The van der Waals surface area contributed by atoms with E-state index in [1.807, 2.05) is 16.7 Å². The Bertz CT molecular complexity index is 476. The predicted molar refractivity (Wildman–Crippen MR) is 59.5 cm³/mol. The normalized spacial score (nSPS) is 11.4. The summed E-state index contributed by atoms with van der Waals surface area (Å²) in [7, 11) is 0. The van der Waals surface area contributed by atoms with E-state index < -0.39 is 0 Å². The Morgan fingerprint density at radius 3 is 2.79 bits per heavy atom. The van der Waals surface area contributed by atoms with Crippen molar-refractivity contribution >= 4 is 27.0 Å². The Labute approximate surface area is 90.5 Å². The second kappa shape index (κ2) is 3.28. The van der Waals surface area contributed by atoms with Gasteiger partial charge in [0.2, 0.25) is 0 Å². The molecule has 0 spiro atoms. The van der Waals surface area contributed by atoms with Crippen molar-refractivity contribution in [2.24, 2.45) is 0 Å². The summed E-state index contributed by atoms with van der Waals surface area (Å²) in [6.07, 6.45) is 0. The van der Waals surface area contributed by atoms with E-state index in [1.54, 1.807) is 6.07 Å². The van der Waals surface area contributed by atoms with E-state index in [1.165, 1.54) is 0 Å². The molecule has 2 aromatic rings. The third-order valence-electron chi connectivity index (χ3n) is 2.17. The van der Waals surface area contributed by atoms with Crippen molar-refractivity contribution in [2.75, 3.05) is 0 Å². The highest BCUT2D eigenvalue weighted by atomic mass is 79.9. The molecule has 0 radical (unpaired) electrons. The molecule has 0 amide bonds. The molecule has 0 aliphatic heterocycles. The maximum absolute atomic E-state index is 9.59. The molecule has 4 heteroatoms. The van der Waals surface area contributed by atoms with Crippen LogP contribution in [0.25, 0.3) is 11.0 Å². The standard InChI is InChI=1S/C10H11BrN2O/c1-6(2)13-7-4-3-5-8(14)9(7)12-10(13)11/h3-6,14H,1-2H3. The molecular formula is C10H11BrN2O. The van der Waals surface area contributed by atoms with Crippen LogP contribution in [0.1, 0.15) is 19.9 Å². The summed E-state index contributed by atoms with van der Waals surface area (Å²) in [5.41, 5.74) is 1.60. The Balaban J connectivity index is 2.83. The van der Waals surface area contributed by atoms with Gasteiger partial charge in [-0.3, -0.25) is 0 Å². The maximum atomic E-state index is 9.59. The van der Waals surface area contributed by atoms with Crippen molar-refractivity contribution in [3.63, 3.8) is 0 Å². The first kappa shape index (κ1) is 9.52. The van der Waals surface area contributed by atoms with Gasteiger partial charge in [0.25, 0.3) is 0 Å². The number of benzene rings is 1. The molecule has 0 saturated heterocycles. The Hall–Kier alpha value is -1.03. The Kier molecular flexibility index (Phi) is 2.23. The number of nitrogens with zero attached hydrogens (tertiary/aromatic N) is 2. The molecule has 0 saturated carbocycles. The molecule has 1 heterocycles. The highest BCUT2D eigenvalue weighted by molar-refractivity contribution is 9.10. The second-order valence-electron chi connectivity index (χ2n) is 3.49. The minimum atomic E-state index is 0.225. The van der Waals surface area contributed by atoms with Gasteiger partial charge in [-0.25, -0.2) is 4.98 Å². The summed E-state index contributed by atoms with van der Waals surface area (Å²) in [6.45, 7) is 4.16. The lowest BCUT2D eigenvalue weighted by Crippen LogP contribution is -2.00. The Morgan fingerprint density at radius 2 is 2.14 bits per heavy atom.